The average molecular weight is 538 g/mol. The Kier molecular flexibility index (Phi) is 6.70. The number of amides is 2. The van der Waals surface area contributed by atoms with Crippen LogP contribution in [0.15, 0.2) is 60.7 Å². The molecule has 2 atom stereocenters. The Morgan fingerprint density at radius 2 is 1.95 bits per heavy atom. The molecular formula is C32H32FN5O2. The average Bonchev–Trinajstić information content (AvgIpc) is 3.88. The molecule has 7 nitrogen and oxygen atoms in total. The lowest BCUT2D eigenvalue weighted by Gasteiger charge is -2.11. The van der Waals surface area contributed by atoms with Crippen molar-refractivity contribution in [2.24, 2.45) is 11.7 Å². The first-order valence-electron chi connectivity index (χ1n) is 13.8. The molecule has 0 saturated heterocycles. The smallest absolute Gasteiger partial charge is 0.251 e. The fourth-order valence-corrected chi connectivity index (χ4v) is 5.44. The number of hydrogen-bond acceptors (Lipinski definition) is 4. The van der Waals surface area contributed by atoms with Crippen molar-refractivity contribution in [1.82, 2.24) is 19.9 Å². The van der Waals surface area contributed by atoms with Gasteiger partial charge >= 0.3 is 0 Å². The fourth-order valence-electron chi connectivity index (χ4n) is 5.44. The van der Waals surface area contributed by atoms with Crippen molar-refractivity contribution in [2.45, 2.75) is 51.4 Å². The predicted molar refractivity (Wildman–Crippen MR) is 152 cm³/mol. The molecule has 3 N–H and O–H groups in total. The molecule has 8 heteroatoms. The van der Waals surface area contributed by atoms with E-state index in [0.29, 0.717) is 30.1 Å². The van der Waals surface area contributed by atoms with Crippen molar-refractivity contribution in [1.29, 1.82) is 0 Å². The Labute approximate surface area is 232 Å². The van der Waals surface area contributed by atoms with Gasteiger partial charge in [0.15, 0.2) is 11.5 Å². The Hall–Kier alpha value is -4.33. The summed E-state index contributed by atoms with van der Waals surface area (Å²) in [6, 6.07) is 16.8. The van der Waals surface area contributed by atoms with E-state index < -0.39 is 5.82 Å². The van der Waals surface area contributed by atoms with Gasteiger partial charge in [-0.05, 0) is 92.0 Å². The minimum atomic E-state index is -0.442. The second kappa shape index (κ2) is 10.3. The van der Waals surface area contributed by atoms with Crippen molar-refractivity contribution >= 4 is 23.0 Å². The predicted octanol–water partition coefficient (Wildman–Crippen LogP) is 5.40. The third-order valence-electron chi connectivity index (χ3n) is 8.10. The normalized spacial score (nSPS) is 18.6. The highest BCUT2D eigenvalue weighted by molar-refractivity contribution is 5.95. The summed E-state index contributed by atoms with van der Waals surface area (Å²) in [7, 11) is 0. The number of allylic oxidation sites excluding steroid dienone is 2. The molecule has 4 aromatic rings. The largest absolute Gasteiger partial charge is 0.369 e. The third kappa shape index (κ3) is 5.01. The van der Waals surface area contributed by atoms with Gasteiger partial charge in [0.1, 0.15) is 5.82 Å². The summed E-state index contributed by atoms with van der Waals surface area (Å²) in [6.07, 6.45) is 5.49. The van der Waals surface area contributed by atoms with Gasteiger partial charge in [0.05, 0.1) is 5.56 Å². The summed E-state index contributed by atoms with van der Waals surface area (Å²) >= 11 is 0. The minimum Gasteiger partial charge on any atom is -0.369 e. The zero-order valence-corrected chi connectivity index (χ0v) is 22.7. The van der Waals surface area contributed by atoms with Crippen LogP contribution in [0.25, 0.3) is 22.6 Å². The highest BCUT2D eigenvalue weighted by Gasteiger charge is 2.43. The standard InChI is InChI=1S/C32H32FN5O2/c1-3-18(2)23-7-5-4-6-19(23)12-13-35-32(40)22-15-28(20-8-9-20)38-29(16-22)36-31(37-38)24-11-10-21(14-27(24)33)25-17-26(25)30(34)39/h3-7,10-11,14-16,20,25-26H,8-9,12-13,17H2,1-2H3,(H2,34,39)(H,35,40)/b18-3-/t25-,26+/m0/s1. The number of nitrogens with one attached hydrogen (secondary N) is 1. The summed E-state index contributed by atoms with van der Waals surface area (Å²) in [5.41, 5.74) is 12.0. The first-order chi connectivity index (χ1) is 19.3. The number of aromatic nitrogens is 3. The van der Waals surface area contributed by atoms with E-state index in [2.05, 4.69) is 40.5 Å². The number of benzene rings is 2. The SMILES string of the molecule is C/C=C(/C)c1ccccc1CCNC(=O)c1cc(C2CC2)n2nc(-c3ccc([C@@H]4C[C@H]4C(N)=O)cc3F)nc2c1. The number of carbonyl (C=O) groups is 2. The Bertz CT molecular complexity index is 1670. The number of carbonyl (C=O) groups excluding carboxylic acids is 2. The molecule has 2 aromatic carbocycles. The Morgan fingerprint density at radius 3 is 2.65 bits per heavy atom. The Balaban J connectivity index is 1.23. The van der Waals surface area contributed by atoms with Gasteiger partial charge < -0.3 is 11.1 Å². The first kappa shape index (κ1) is 25.9. The van der Waals surface area contributed by atoms with Gasteiger partial charge in [-0.3, -0.25) is 9.59 Å². The van der Waals surface area contributed by atoms with E-state index in [0.717, 1.165) is 30.5 Å². The van der Waals surface area contributed by atoms with E-state index in [1.165, 1.54) is 22.8 Å². The molecule has 0 unspecified atom stereocenters. The van der Waals surface area contributed by atoms with Crippen molar-refractivity contribution in [3.05, 3.63) is 94.4 Å². The van der Waals surface area contributed by atoms with Gasteiger partial charge in [0, 0.05) is 29.6 Å². The molecule has 6 rings (SSSR count). The van der Waals surface area contributed by atoms with Crippen LogP contribution in [0.3, 0.4) is 0 Å². The van der Waals surface area contributed by atoms with Gasteiger partial charge in [-0.15, -0.1) is 5.10 Å². The minimum absolute atomic E-state index is 0.0294. The number of fused-ring (bicyclic) bond motifs is 1. The molecule has 2 heterocycles. The molecule has 2 saturated carbocycles. The number of primary amides is 1. The van der Waals surface area contributed by atoms with Crippen LogP contribution < -0.4 is 11.1 Å². The van der Waals surface area contributed by atoms with Crippen LogP contribution in [0.5, 0.6) is 0 Å². The number of nitrogens with two attached hydrogens (primary N) is 1. The zero-order valence-electron chi connectivity index (χ0n) is 22.7. The summed E-state index contributed by atoms with van der Waals surface area (Å²) < 4.78 is 16.9. The topological polar surface area (TPSA) is 102 Å². The molecule has 2 aliphatic carbocycles. The second-order valence-electron chi connectivity index (χ2n) is 10.9. The second-order valence-corrected chi connectivity index (χ2v) is 10.9. The van der Waals surface area contributed by atoms with Crippen molar-refractivity contribution in [2.75, 3.05) is 6.54 Å². The van der Waals surface area contributed by atoms with Crippen LogP contribution in [0.1, 0.15) is 77.7 Å². The molecule has 0 aliphatic heterocycles. The van der Waals surface area contributed by atoms with Crippen LogP contribution in [-0.4, -0.2) is 33.0 Å². The zero-order chi connectivity index (χ0) is 28.0. The lowest BCUT2D eigenvalue weighted by atomic mass is 9.98. The van der Waals surface area contributed by atoms with Crippen LogP contribution in [0.2, 0.25) is 0 Å². The van der Waals surface area contributed by atoms with E-state index in [9.17, 15) is 9.59 Å². The van der Waals surface area contributed by atoms with Gasteiger partial charge in [0.25, 0.3) is 5.91 Å². The van der Waals surface area contributed by atoms with Gasteiger partial charge in [-0.25, -0.2) is 13.9 Å². The number of pyridine rings is 1. The van der Waals surface area contributed by atoms with Crippen LogP contribution >= 0.6 is 0 Å². The summed E-state index contributed by atoms with van der Waals surface area (Å²) in [5, 5.41) is 7.69. The number of rotatable bonds is 9. The maximum absolute atomic E-state index is 15.2. The van der Waals surface area contributed by atoms with Crippen LogP contribution in [-0.2, 0) is 11.2 Å². The maximum Gasteiger partial charge on any atom is 0.251 e. The van der Waals surface area contributed by atoms with Crippen LogP contribution in [0, 0.1) is 11.7 Å². The van der Waals surface area contributed by atoms with Gasteiger partial charge in [-0.1, -0.05) is 36.4 Å². The molecule has 0 bridgehead atoms. The monoisotopic (exact) mass is 537 g/mol. The molecule has 2 fully saturated rings. The van der Waals surface area contributed by atoms with Gasteiger partial charge in [-0.2, -0.15) is 0 Å². The molecule has 2 aromatic heterocycles. The molecule has 0 spiro atoms. The molecular weight excluding hydrogens is 505 g/mol. The van der Waals surface area contributed by atoms with E-state index in [1.807, 2.05) is 31.2 Å². The van der Waals surface area contributed by atoms with E-state index >= 15 is 4.39 Å². The van der Waals surface area contributed by atoms with E-state index in [4.69, 9.17) is 5.73 Å². The number of nitrogens with zero attached hydrogens (tertiary/aromatic N) is 3. The summed E-state index contributed by atoms with van der Waals surface area (Å²) in [5.74, 6) is -0.650. The molecule has 2 amide bonds. The molecule has 40 heavy (non-hydrogen) atoms. The number of halogens is 1. The summed E-state index contributed by atoms with van der Waals surface area (Å²) in [4.78, 5) is 29.2. The van der Waals surface area contributed by atoms with Crippen molar-refractivity contribution in [3.8, 4) is 11.4 Å². The van der Waals surface area contributed by atoms with E-state index in [-0.39, 0.29) is 35.0 Å². The molecule has 2 aliphatic rings. The van der Waals surface area contributed by atoms with Crippen molar-refractivity contribution in [3.63, 3.8) is 0 Å². The highest BCUT2D eigenvalue weighted by Crippen LogP contribution is 2.47. The fraction of sp³-hybridized carbons (Fsp3) is 0.312. The lowest BCUT2D eigenvalue weighted by Crippen LogP contribution is -2.26. The molecule has 204 valence electrons. The lowest BCUT2D eigenvalue weighted by molar-refractivity contribution is -0.119. The van der Waals surface area contributed by atoms with Crippen LogP contribution in [0.4, 0.5) is 4.39 Å². The third-order valence-corrected chi connectivity index (χ3v) is 8.10. The number of hydrogen-bond donors (Lipinski definition) is 2. The first-order valence-corrected chi connectivity index (χ1v) is 13.8. The summed E-state index contributed by atoms with van der Waals surface area (Å²) in [6.45, 7) is 4.62. The Morgan fingerprint density at radius 1 is 1.15 bits per heavy atom. The van der Waals surface area contributed by atoms with Gasteiger partial charge in [0.2, 0.25) is 5.91 Å². The highest BCUT2D eigenvalue weighted by atomic mass is 19.1. The quantitative estimate of drug-likeness (QED) is 0.299. The maximum atomic E-state index is 15.2. The van der Waals surface area contributed by atoms with Crippen molar-refractivity contribution < 1.29 is 14.0 Å². The van der Waals surface area contributed by atoms with E-state index in [1.54, 1.807) is 16.6 Å². The molecule has 0 radical (unpaired) electrons.